The van der Waals surface area contributed by atoms with Gasteiger partial charge in [-0.1, -0.05) is 47.6 Å². The zero-order valence-electron chi connectivity index (χ0n) is 22.4. The predicted molar refractivity (Wildman–Crippen MR) is 152 cm³/mol. The van der Waals surface area contributed by atoms with Crippen molar-refractivity contribution in [3.05, 3.63) is 111 Å². The van der Waals surface area contributed by atoms with Crippen LogP contribution in [0.25, 0.3) is 0 Å². The van der Waals surface area contributed by atoms with Gasteiger partial charge in [0, 0.05) is 43.4 Å². The molecule has 216 valence electrons. The van der Waals surface area contributed by atoms with Gasteiger partial charge in [-0.3, -0.25) is 14.4 Å². The second kappa shape index (κ2) is 10.8. The number of oxime groups is 1. The number of benzene rings is 2. The fraction of sp³-hybridized carbons (Fsp3) is 0.267. The van der Waals surface area contributed by atoms with Crippen LogP contribution in [0.3, 0.4) is 0 Å². The lowest BCUT2D eigenvalue weighted by molar-refractivity contribution is -0.0317. The van der Waals surface area contributed by atoms with Crippen LogP contribution in [0.2, 0.25) is 0 Å². The molecule has 4 heterocycles. The Hall–Kier alpha value is -4.32. The third-order valence-electron chi connectivity index (χ3n) is 7.74. The number of halogens is 3. The van der Waals surface area contributed by atoms with Gasteiger partial charge in [-0.2, -0.15) is 0 Å². The van der Waals surface area contributed by atoms with E-state index in [0.29, 0.717) is 17.1 Å². The summed E-state index contributed by atoms with van der Waals surface area (Å²) >= 11 is 3.41. The van der Waals surface area contributed by atoms with Crippen LogP contribution in [0, 0.1) is 11.6 Å². The molecule has 1 aromatic heterocycles. The monoisotopic (exact) mass is 638 g/mol. The maximum Gasteiger partial charge on any atom is 0.275 e. The van der Waals surface area contributed by atoms with E-state index >= 15 is 0 Å². The van der Waals surface area contributed by atoms with Gasteiger partial charge in [-0.05, 0) is 40.6 Å². The van der Waals surface area contributed by atoms with Crippen molar-refractivity contribution in [2.45, 2.75) is 44.2 Å². The summed E-state index contributed by atoms with van der Waals surface area (Å²) in [7, 11) is 0. The first-order valence-electron chi connectivity index (χ1n) is 13.3. The molecule has 2 amide bonds. The van der Waals surface area contributed by atoms with Gasteiger partial charge in [-0.15, -0.1) is 0 Å². The number of hydrogen-bond donors (Lipinski definition) is 1. The van der Waals surface area contributed by atoms with Crippen LogP contribution in [0.4, 0.5) is 8.78 Å². The number of hydrogen-bond acceptors (Lipinski definition) is 6. The fourth-order valence-corrected chi connectivity index (χ4v) is 5.98. The lowest BCUT2D eigenvalue weighted by atomic mass is 9.89. The zero-order valence-corrected chi connectivity index (χ0v) is 23.9. The Morgan fingerprint density at radius 1 is 1.21 bits per heavy atom. The Kier molecular flexibility index (Phi) is 7.17. The molecule has 6 rings (SSSR count). The van der Waals surface area contributed by atoms with Crippen molar-refractivity contribution in [2.75, 3.05) is 6.54 Å². The van der Waals surface area contributed by atoms with E-state index in [4.69, 9.17) is 9.57 Å². The molecule has 2 aromatic carbocycles. The Balaban J connectivity index is 1.45. The fourth-order valence-electron chi connectivity index (χ4n) is 5.47. The highest BCUT2D eigenvalue weighted by atomic mass is 79.9. The summed E-state index contributed by atoms with van der Waals surface area (Å²) in [5.41, 5.74) is -1.32. The molecule has 0 saturated carbocycles. The second-order valence-corrected chi connectivity index (χ2v) is 11.3. The van der Waals surface area contributed by atoms with E-state index in [1.165, 1.54) is 12.3 Å². The summed E-state index contributed by atoms with van der Waals surface area (Å²) < 4.78 is 35.8. The number of pyridine rings is 1. The molecule has 0 radical (unpaired) electrons. The molecule has 9 nitrogen and oxygen atoms in total. The van der Waals surface area contributed by atoms with Gasteiger partial charge in [-0.25, -0.2) is 8.78 Å². The van der Waals surface area contributed by atoms with Crippen molar-refractivity contribution in [3.8, 4) is 5.75 Å². The smallest absolute Gasteiger partial charge is 0.275 e. The van der Waals surface area contributed by atoms with E-state index in [2.05, 4.69) is 26.4 Å². The molecular weight excluding hydrogens is 614 g/mol. The second-order valence-electron chi connectivity index (χ2n) is 10.4. The molecule has 0 aliphatic carbocycles. The first-order valence-corrected chi connectivity index (χ1v) is 14.0. The average molecular weight is 639 g/mol. The molecule has 3 aliphatic heterocycles. The number of ether oxygens (including phenoxy) is 1. The molecule has 3 aromatic rings. The van der Waals surface area contributed by atoms with E-state index in [1.54, 1.807) is 9.47 Å². The van der Waals surface area contributed by atoms with Crippen LogP contribution in [-0.2, 0) is 18.0 Å². The third kappa shape index (κ3) is 4.89. The SMILES string of the molecule is C[C@H]1C=C[C@@]2(CC(Br)=NO2)[C@H]2CN1C(=O)c1c(OCc3ccccc3)c(=O)c(C(=O)NCc3ccc(F)cc3F)cn12. The van der Waals surface area contributed by atoms with Gasteiger partial charge in [0.05, 0.1) is 6.04 Å². The number of nitrogens with zero attached hydrogens (tertiary/aromatic N) is 3. The topological polar surface area (TPSA) is 102 Å². The highest BCUT2D eigenvalue weighted by Gasteiger charge is 2.52. The molecule has 3 atom stereocenters. The summed E-state index contributed by atoms with van der Waals surface area (Å²) in [6.07, 6.45) is 5.41. The lowest BCUT2D eigenvalue weighted by Crippen LogP contribution is -2.53. The first-order chi connectivity index (χ1) is 20.2. The van der Waals surface area contributed by atoms with Crippen LogP contribution in [0.5, 0.6) is 5.75 Å². The summed E-state index contributed by atoms with van der Waals surface area (Å²) in [5.74, 6) is -3.10. The number of rotatable bonds is 6. The van der Waals surface area contributed by atoms with Crippen LogP contribution < -0.4 is 15.5 Å². The van der Waals surface area contributed by atoms with E-state index in [0.717, 1.165) is 11.6 Å². The molecule has 12 heteroatoms. The van der Waals surface area contributed by atoms with Crippen molar-refractivity contribution >= 4 is 32.4 Å². The lowest BCUT2D eigenvalue weighted by Gasteiger charge is -2.42. The minimum Gasteiger partial charge on any atom is -0.483 e. The van der Waals surface area contributed by atoms with Crippen LogP contribution in [0.15, 0.2) is 76.8 Å². The maximum absolute atomic E-state index is 14.2. The van der Waals surface area contributed by atoms with Crippen LogP contribution in [-0.4, -0.2) is 44.1 Å². The van der Waals surface area contributed by atoms with Gasteiger partial charge in [0.25, 0.3) is 11.8 Å². The van der Waals surface area contributed by atoms with Gasteiger partial charge in [0.15, 0.2) is 17.0 Å². The number of aromatic nitrogens is 1. The molecule has 0 unspecified atom stereocenters. The minimum atomic E-state index is -1.01. The highest BCUT2D eigenvalue weighted by Crippen LogP contribution is 2.44. The molecule has 2 bridgehead atoms. The van der Waals surface area contributed by atoms with Crippen LogP contribution >= 0.6 is 15.9 Å². The number of fused-ring (bicyclic) bond motifs is 5. The highest BCUT2D eigenvalue weighted by molar-refractivity contribution is 9.18. The molecule has 0 fully saturated rings. The standard InChI is InChI=1S/C30H25BrF2N4O5/c1-17-9-10-30(12-24(31)35-42-30)23-15-36(17)29(40)25-27(41-16-18-5-3-2-4-6-18)26(38)21(14-37(23)25)28(39)34-13-19-7-8-20(32)11-22(19)33/h2-11,14,17,23H,12-13,15-16H2,1H3,(H,34,39)/t17-,23+,30+/m0/s1. The number of amides is 2. The Morgan fingerprint density at radius 3 is 2.71 bits per heavy atom. The van der Waals surface area contributed by atoms with Crippen LogP contribution in [0.1, 0.15) is 51.4 Å². The first kappa shape index (κ1) is 27.8. The number of carbonyl (C=O) groups is 2. The number of nitrogens with one attached hydrogen (secondary N) is 1. The van der Waals surface area contributed by atoms with E-state index in [1.807, 2.05) is 49.4 Å². The normalized spacial score (nSPS) is 22.3. The average Bonchev–Trinajstić information content (AvgIpc) is 3.31. The van der Waals surface area contributed by atoms with Crippen molar-refractivity contribution in [1.29, 1.82) is 0 Å². The largest absolute Gasteiger partial charge is 0.483 e. The van der Waals surface area contributed by atoms with Gasteiger partial charge >= 0.3 is 0 Å². The quantitative estimate of drug-likeness (QED) is 0.402. The van der Waals surface area contributed by atoms with Crippen molar-refractivity contribution in [3.63, 3.8) is 0 Å². The van der Waals surface area contributed by atoms with E-state index < -0.39 is 40.5 Å². The van der Waals surface area contributed by atoms with Gasteiger partial charge in [0.2, 0.25) is 5.43 Å². The van der Waals surface area contributed by atoms with Gasteiger partial charge in [0.1, 0.15) is 28.4 Å². The Morgan fingerprint density at radius 2 is 2.00 bits per heavy atom. The molecule has 0 saturated heterocycles. The van der Waals surface area contributed by atoms with E-state index in [-0.39, 0.29) is 48.3 Å². The molecule has 3 aliphatic rings. The molecule has 42 heavy (non-hydrogen) atoms. The Bertz CT molecular complexity index is 1710. The minimum absolute atomic E-state index is 0.00476. The molecule has 1 spiro atoms. The molecular formula is C30H25BrF2N4O5. The third-order valence-corrected chi connectivity index (χ3v) is 8.16. The summed E-state index contributed by atoms with van der Waals surface area (Å²) in [6, 6.07) is 11.2. The van der Waals surface area contributed by atoms with Crippen molar-refractivity contribution in [2.24, 2.45) is 5.16 Å². The summed E-state index contributed by atoms with van der Waals surface area (Å²) in [6.45, 7) is 1.76. The van der Waals surface area contributed by atoms with Gasteiger partial charge < -0.3 is 24.4 Å². The predicted octanol–water partition coefficient (Wildman–Crippen LogP) is 4.46. The Labute approximate surface area is 247 Å². The van der Waals surface area contributed by atoms with E-state index in [9.17, 15) is 23.2 Å². The summed E-state index contributed by atoms with van der Waals surface area (Å²) in [5, 5.41) is 6.64. The zero-order chi connectivity index (χ0) is 29.6. The number of carbonyl (C=O) groups excluding carboxylic acids is 2. The maximum atomic E-state index is 14.2. The summed E-state index contributed by atoms with van der Waals surface area (Å²) in [4.78, 5) is 48.7. The van der Waals surface area contributed by atoms with Crippen molar-refractivity contribution < 1.29 is 27.9 Å². The van der Waals surface area contributed by atoms with Crippen molar-refractivity contribution in [1.82, 2.24) is 14.8 Å². The molecule has 1 N–H and O–H groups in total.